The molecule has 3 aromatic rings. The highest BCUT2D eigenvalue weighted by Crippen LogP contribution is 2.37. The molecule has 7 nitrogen and oxygen atoms in total. The Kier molecular flexibility index (Phi) is 8.81. The Morgan fingerprint density at radius 3 is 2.34 bits per heavy atom. The van der Waals surface area contributed by atoms with Gasteiger partial charge in [-0.3, -0.25) is 14.5 Å². The van der Waals surface area contributed by atoms with Crippen molar-refractivity contribution in [2.45, 2.75) is 20.0 Å². The molecule has 0 unspecified atom stereocenters. The van der Waals surface area contributed by atoms with Gasteiger partial charge in [0.05, 0.1) is 19.9 Å². The normalized spacial score (nSPS) is 14.3. The van der Waals surface area contributed by atoms with Crippen LogP contribution in [-0.2, 0) is 27.4 Å². The second-order valence-electron chi connectivity index (χ2n) is 8.43. The lowest BCUT2D eigenvalue weighted by Gasteiger charge is -2.19. The van der Waals surface area contributed by atoms with Crippen molar-refractivity contribution >= 4 is 56.9 Å². The van der Waals surface area contributed by atoms with Crippen molar-refractivity contribution in [1.29, 1.82) is 0 Å². The maximum absolute atomic E-state index is 13.7. The Labute approximate surface area is 235 Å². The summed E-state index contributed by atoms with van der Waals surface area (Å²) >= 11 is 9.24. The van der Waals surface area contributed by atoms with Crippen LogP contribution in [0.1, 0.15) is 23.6 Å². The number of benzene rings is 3. The number of halogens is 1. The van der Waals surface area contributed by atoms with E-state index in [0.717, 1.165) is 17.5 Å². The number of aryl methyl sites for hydroxylation is 1. The van der Waals surface area contributed by atoms with Gasteiger partial charge in [0, 0.05) is 4.47 Å². The van der Waals surface area contributed by atoms with Gasteiger partial charge in [-0.25, -0.2) is 0 Å². The molecular formula is C29H27BrN2O5S. The zero-order valence-corrected chi connectivity index (χ0v) is 23.7. The molecule has 0 spiro atoms. The maximum atomic E-state index is 13.7. The molecule has 1 saturated heterocycles. The van der Waals surface area contributed by atoms with E-state index in [1.807, 2.05) is 54.6 Å². The fraction of sp³-hybridized carbons (Fsp3) is 0.207. The first-order valence-corrected chi connectivity index (χ1v) is 13.1. The first-order chi connectivity index (χ1) is 18.4. The second kappa shape index (κ2) is 12.2. The molecule has 0 N–H and O–H groups in total. The van der Waals surface area contributed by atoms with Crippen molar-refractivity contribution in [3.05, 3.63) is 93.6 Å². The van der Waals surface area contributed by atoms with Crippen molar-refractivity contribution in [3.8, 4) is 11.5 Å². The average Bonchev–Trinajstić information content (AvgIpc) is 3.17. The first-order valence-electron chi connectivity index (χ1n) is 11.9. The Morgan fingerprint density at radius 1 is 1.00 bits per heavy atom. The van der Waals surface area contributed by atoms with E-state index in [9.17, 15) is 9.59 Å². The summed E-state index contributed by atoms with van der Waals surface area (Å²) in [6, 6.07) is 21.0. The lowest BCUT2D eigenvalue weighted by atomic mass is 10.1. The summed E-state index contributed by atoms with van der Waals surface area (Å²) in [6.07, 6.45) is 2.55. The van der Waals surface area contributed by atoms with Gasteiger partial charge in [-0.2, -0.15) is 0 Å². The summed E-state index contributed by atoms with van der Waals surface area (Å²) < 4.78 is 17.1. The minimum Gasteiger partial charge on any atom is -0.493 e. The van der Waals surface area contributed by atoms with Gasteiger partial charge in [0.15, 0.2) is 16.6 Å². The molecule has 4 rings (SSSR count). The van der Waals surface area contributed by atoms with Gasteiger partial charge in [-0.15, -0.1) is 0 Å². The van der Waals surface area contributed by atoms with E-state index in [1.54, 1.807) is 25.3 Å². The summed E-state index contributed by atoms with van der Waals surface area (Å²) in [5.74, 6) is 0.173. The summed E-state index contributed by atoms with van der Waals surface area (Å²) in [5, 5.41) is 0.196. The summed E-state index contributed by atoms with van der Waals surface area (Å²) in [4.78, 5) is 28.8. The number of anilines is 1. The Balaban J connectivity index is 1.69. The molecule has 3 aromatic carbocycles. The molecular weight excluding hydrogens is 568 g/mol. The van der Waals surface area contributed by atoms with Crippen molar-refractivity contribution in [3.63, 3.8) is 0 Å². The molecule has 1 fully saturated rings. The van der Waals surface area contributed by atoms with Crippen LogP contribution in [0.2, 0.25) is 0 Å². The van der Waals surface area contributed by atoms with Crippen LogP contribution in [-0.4, -0.2) is 42.7 Å². The molecule has 0 aliphatic carbocycles. The number of esters is 1. The van der Waals surface area contributed by atoms with Gasteiger partial charge in [-0.05, 0) is 65.7 Å². The van der Waals surface area contributed by atoms with Gasteiger partial charge < -0.3 is 19.1 Å². The fourth-order valence-electron chi connectivity index (χ4n) is 3.95. The molecule has 0 radical (unpaired) electrons. The second-order valence-corrected chi connectivity index (χ2v) is 9.65. The average molecular weight is 596 g/mol. The summed E-state index contributed by atoms with van der Waals surface area (Å²) in [7, 11) is 2.85. The quantitative estimate of drug-likeness (QED) is 0.177. The summed E-state index contributed by atoms with van der Waals surface area (Å²) in [6.45, 7) is 2.22. The van der Waals surface area contributed by atoms with Gasteiger partial charge in [-0.1, -0.05) is 65.3 Å². The molecule has 0 aromatic heterocycles. The molecule has 1 heterocycles. The van der Waals surface area contributed by atoms with E-state index < -0.39 is 5.97 Å². The number of hydrogen-bond donors (Lipinski definition) is 0. The standard InChI is InChI=1S/C29H27BrN2O5S/c1-4-19-10-12-22(13-11-19)32-28(34)24(31(29(32)38)17-27(33)36-3)14-21-15-25(35-2)26(16-23(21)30)37-18-20-8-6-5-7-9-20/h5-16H,4,17-18H2,1-3H3/b24-14-. The van der Waals surface area contributed by atoms with Gasteiger partial charge in [0.25, 0.3) is 5.91 Å². The van der Waals surface area contributed by atoms with E-state index in [2.05, 4.69) is 22.9 Å². The fourth-order valence-corrected chi connectivity index (χ4v) is 4.74. The number of amides is 1. The minimum atomic E-state index is -0.518. The Bertz CT molecular complexity index is 1380. The molecule has 0 atom stereocenters. The van der Waals surface area contributed by atoms with Crippen LogP contribution in [0.5, 0.6) is 11.5 Å². The number of carbonyl (C=O) groups excluding carboxylic acids is 2. The number of ether oxygens (including phenoxy) is 3. The SMILES string of the molecule is CCc1ccc(N2C(=O)/C(=C/c3cc(OC)c(OCc4ccccc4)cc3Br)N(CC(=O)OC)C2=S)cc1. The number of hydrogen-bond acceptors (Lipinski definition) is 6. The summed E-state index contributed by atoms with van der Waals surface area (Å²) in [5.41, 5.74) is 3.67. The number of carbonyl (C=O) groups is 2. The van der Waals surface area contributed by atoms with Gasteiger partial charge >= 0.3 is 5.97 Å². The molecule has 38 heavy (non-hydrogen) atoms. The van der Waals surface area contributed by atoms with Crippen LogP contribution in [0.15, 0.2) is 76.9 Å². The third-order valence-corrected chi connectivity index (χ3v) is 7.15. The number of nitrogens with zero attached hydrogens (tertiary/aromatic N) is 2. The van der Waals surface area contributed by atoms with Crippen molar-refractivity contribution in [2.75, 3.05) is 25.7 Å². The molecule has 1 aliphatic rings. The predicted molar refractivity (Wildman–Crippen MR) is 154 cm³/mol. The van der Waals surface area contributed by atoms with Crippen LogP contribution >= 0.6 is 28.1 Å². The van der Waals surface area contributed by atoms with Crippen LogP contribution in [0.4, 0.5) is 5.69 Å². The molecule has 1 aliphatic heterocycles. The lowest BCUT2D eigenvalue weighted by molar-refractivity contribution is -0.140. The number of rotatable bonds is 9. The highest BCUT2D eigenvalue weighted by atomic mass is 79.9. The molecule has 9 heteroatoms. The zero-order chi connectivity index (χ0) is 27.2. The third kappa shape index (κ3) is 5.89. The van der Waals surface area contributed by atoms with E-state index in [1.165, 1.54) is 16.9 Å². The highest BCUT2D eigenvalue weighted by molar-refractivity contribution is 9.10. The third-order valence-electron chi connectivity index (χ3n) is 6.07. The maximum Gasteiger partial charge on any atom is 0.325 e. The van der Waals surface area contributed by atoms with Crippen LogP contribution in [0, 0.1) is 0 Å². The van der Waals surface area contributed by atoms with Crippen molar-refractivity contribution < 1.29 is 23.8 Å². The Hall–Kier alpha value is -3.69. The van der Waals surface area contributed by atoms with Gasteiger partial charge in [0.2, 0.25) is 0 Å². The number of methoxy groups -OCH3 is 2. The molecule has 1 amide bonds. The highest BCUT2D eigenvalue weighted by Gasteiger charge is 2.40. The molecule has 0 bridgehead atoms. The minimum absolute atomic E-state index is 0.196. The molecule has 196 valence electrons. The molecule has 0 saturated carbocycles. The van der Waals surface area contributed by atoms with Crippen molar-refractivity contribution in [1.82, 2.24) is 4.90 Å². The largest absolute Gasteiger partial charge is 0.493 e. The van der Waals surface area contributed by atoms with Crippen molar-refractivity contribution in [2.24, 2.45) is 0 Å². The first kappa shape index (κ1) is 27.3. The smallest absolute Gasteiger partial charge is 0.325 e. The monoisotopic (exact) mass is 594 g/mol. The predicted octanol–water partition coefficient (Wildman–Crippen LogP) is 5.75. The van der Waals surface area contributed by atoms with E-state index in [4.69, 9.17) is 26.4 Å². The van der Waals surface area contributed by atoms with E-state index in [-0.39, 0.29) is 23.3 Å². The lowest BCUT2D eigenvalue weighted by Crippen LogP contribution is -2.35. The number of thiocarbonyl (C=S) groups is 1. The van der Waals surface area contributed by atoms with Crippen LogP contribution in [0.3, 0.4) is 0 Å². The van der Waals surface area contributed by atoms with E-state index >= 15 is 0 Å². The zero-order valence-electron chi connectivity index (χ0n) is 21.3. The van der Waals surface area contributed by atoms with E-state index in [0.29, 0.717) is 33.8 Å². The Morgan fingerprint density at radius 2 is 1.71 bits per heavy atom. The topological polar surface area (TPSA) is 68.3 Å². The van der Waals surface area contributed by atoms with Gasteiger partial charge in [0.1, 0.15) is 18.8 Å². The van der Waals surface area contributed by atoms with Crippen LogP contribution < -0.4 is 14.4 Å². The van der Waals surface area contributed by atoms with Crippen LogP contribution in [0.25, 0.3) is 6.08 Å².